The van der Waals surface area contributed by atoms with Crippen molar-refractivity contribution >= 4 is 11.8 Å². The highest BCUT2D eigenvalue weighted by molar-refractivity contribution is 5.96. The van der Waals surface area contributed by atoms with Crippen molar-refractivity contribution in [2.75, 3.05) is 19.8 Å². The van der Waals surface area contributed by atoms with Crippen LogP contribution in [0.3, 0.4) is 0 Å². The van der Waals surface area contributed by atoms with E-state index in [1.807, 2.05) is 0 Å². The Kier molecular flexibility index (Phi) is 3.57. The Hall–Kier alpha value is -2.06. The van der Waals surface area contributed by atoms with Crippen LogP contribution in [0.5, 0.6) is 0 Å². The lowest BCUT2D eigenvalue weighted by Crippen LogP contribution is -2.37. The largest absolute Gasteiger partial charge is 0.406 e. The molecule has 1 fully saturated rings. The molecule has 2 aliphatic rings. The van der Waals surface area contributed by atoms with Gasteiger partial charge in [-0.2, -0.15) is 13.2 Å². The van der Waals surface area contributed by atoms with Crippen molar-refractivity contribution in [1.29, 1.82) is 0 Å². The lowest BCUT2D eigenvalue weighted by molar-refractivity contribution is -0.157. The summed E-state index contributed by atoms with van der Waals surface area (Å²) in [4.78, 5) is 30.0. The third-order valence-electron chi connectivity index (χ3n) is 3.87. The number of hydrogen-bond donors (Lipinski definition) is 0. The molecular formula is C13H15F3N4O2. The van der Waals surface area contributed by atoms with E-state index in [9.17, 15) is 22.8 Å². The molecule has 120 valence electrons. The zero-order valence-electron chi connectivity index (χ0n) is 11.8. The lowest BCUT2D eigenvalue weighted by atomic mass is 10.1. The molecule has 22 heavy (non-hydrogen) atoms. The van der Waals surface area contributed by atoms with Crippen LogP contribution in [0.15, 0.2) is 6.20 Å². The number of carbonyl (C=O) groups excluding carboxylic acids is 2. The van der Waals surface area contributed by atoms with Gasteiger partial charge in [-0.1, -0.05) is 0 Å². The molecular weight excluding hydrogens is 301 g/mol. The molecule has 6 nitrogen and oxygen atoms in total. The standard InChI is InChI=1S/C13H15F3N4O2/c14-13(15,16)7-19-8-18(6-11(19)21)12(22)9-5-17-10-3-1-2-4-20(9)10/h5H,1-4,6-8H2. The van der Waals surface area contributed by atoms with Crippen molar-refractivity contribution in [2.24, 2.45) is 0 Å². The lowest BCUT2D eigenvalue weighted by Gasteiger charge is -2.21. The molecule has 0 atom stereocenters. The minimum Gasteiger partial charge on any atom is -0.324 e. The molecule has 1 saturated heterocycles. The first kappa shape index (κ1) is 14.9. The molecule has 2 amide bonds. The summed E-state index contributed by atoms with van der Waals surface area (Å²) in [6.07, 6.45) is -0.300. The average Bonchev–Trinajstić information content (AvgIpc) is 3.01. The second kappa shape index (κ2) is 5.29. The number of halogens is 3. The zero-order chi connectivity index (χ0) is 15.9. The third-order valence-corrected chi connectivity index (χ3v) is 3.87. The molecule has 1 aromatic heterocycles. The molecule has 0 aromatic carbocycles. The van der Waals surface area contributed by atoms with E-state index in [0.29, 0.717) is 17.1 Å². The number of carbonyl (C=O) groups is 2. The summed E-state index contributed by atoms with van der Waals surface area (Å²) in [5.74, 6) is -0.324. The number of aryl methyl sites for hydroxylation is 1. The van der Waals surface area contributed by atoms with Crippen LogP contribution in [0.2, 0.25) is 0 Å². The highest BCUT2D eigenvalue weighted by atomic mass is 19.4. The predicted molar refractivity (Wildman–Crippen MR) is 68.8 cm³/mol. The van der Waals surface area contributed by atoms with E-state index in [2.05, 4.69) is 4.98 Å². The second-order valence-electron chi connectivity index (χ2n) is 5.52. The summed E-state index contributed by atoms with van der Waals surface area (Å²) < 4.78 is 39.0. The normalized spacial score (nSPS) is 18.8. The Balaban J connectivity index is 1.74. The Morgan fingerprint density at radius 1 is 1.32 bits per heavy atom. The highest BCUT2D eigenvalue weighted by Crippen LogP contribution is 2.22. The van der Waals surface area contributed by atoms with Gasteiger partial charge in [-0.05, 0) is 12.8 Å². The van der Waals surface area contributed by atoms with Gasteiger partial charge in [-0.3, -0.25) is 9.59 Å². The maximum atomic E-state index is 12.4. The van der Waals surface area contributed by atoms with E-state index in [1.54, 1.807) is 4.57 Å². The van der Waals surface area contributed by atoms with E-state index < -0.39 is 24.5 Å². The summed E-state index contributed by atoms with van der Waals surface area (Å²) in [5, 5.41) is 0. The minimum atomic E-state index is -4.47. The Labute approximate surface area is 124 Å². The Morgan fingerprint density at radius 2 is 2.09 bits per heavy atom. The Morgan fingerprint density at radius 3 is 2.82 bits per heavy atom. The SMILES string of the molecule is O=C1CN(C(=O)c2cnc3n2CCCC3)CN1CC(F)(F)F. The van der Waals surface area contributed by atoms with Gasteiger partial charge in [0.25, 0.3) is 5.91 Å². The molecule has 0 N–H and O–H groups in total. The van der Waals surface area contributed by atoms with Crippen molar-refractivity contribution in [1.82, 2.24) is 19.4 Å². The molecule has 3 heterocycles. The van der Waals surface area contributed by atoms with Crippen LogP contribution in [0.1, 0.15) is 29.2 Å². The number of hydrogen-bond acceptors (Lipinski definition) is 3. The fourth-order valence-corrected chi connectivity index (χ4v) is 2.84. The number of alkyl halides is 3. The van der Waals surface area contributed by atoms with Crippen LogP contribution < -0.4 is 0 Å². The zero-order valence-corrected chi connectivity index (χ0v) is 11.8. The smallest absolute Gasteiger partial charge is 0.324 e. The maximum absolute atomic E-state index is 12.4. The third kappa shape index (κ3) is 2.79. The maximum Gasteiger partial charge on any atom is 0.406 e. The second-order valence-corrected chi connectivity index (χ2v) is 5.52. The van der Waals surface area contributed by atoms with Crippen molar-refractivity contribution in [3.63, 3.8) is 0 Å². The van der Waals surface area contributed by atoms with Crippen LogP contribution in [0, 0.1) is 0 Å². The van der Waals surface area contributed by atoms with Gasteiger partial charge in [-0.25, -0.2) is 4.98 Å². The van der Waals surface area contributed by atoms with Gasteiger partial charge in [0.15, 0.2) is 0 Å². The summed E-state index contributed by atoms with van der Waals surface area (Å²) in [6, 6.07) is 0. The van der Waals surface area contributed by atoms with Crippen LogP contribution in [0.25, 0.3) is 0 Å². The van der Waals surface area contributed by atoms with Gasteiger partial charge >= 0.3 is 6.18 Å². The molecule has 0 unspecified atom stereocenters. The average molecular weight is 316 g/mol. The van der Waals surface area contributed by atoms with E-state index in [1.165, 1.54) is 6.20 Å². The van der Waals surface area contributed by atoms with E-state index in [0.717, 1.165) is 30.0 Å². The van der Waals surface area contributed by atoms with Gasteiger partial charge in [0.05, 0.1) is 12.9 Å². The van der Waals surface area contributed by atoms with Crippen molar-refractivity contribution < 1.29 is 22.8 Å². The molecule has 0 radical (unpaired) electrons. The van der Waals surface area contributed by atoms with E-state index in [4.69, 9.17) is 0 Å². The van der Waals surface area contributed by atoms with Crippen LogP contribution in [-0.4, -0.2) is 57.1 Å². The summed E-state index contributed by atoms with van der Waals surface area (Å²) in [5.41, 5.74) is 0.344. The summed E-state index contributed by atoms with van der Waals surface area (Å²) in [7, 11) is 0. The molecule has 1 aromatic rings. The quantitative estimate of drug-likeness (QED) is 0.819. The van der Waals surface area contributed by atoms with Gasteiger partial charge in [-0.15, -0.1) is 0 Å². The molecule has 3 rings (SSSR count). The number of aromatic nitrogens is 2. The summed E-state index contributed by atoms with van der Waals surface area (Å²) in [6.45, 7) is -1.32. The number of nitrogens with zero attached hydrogens (tertiary/aromatic N) is 4. The molecule has 0 bridgehead atoms. The Bertz CT molecular complexity index is 611. The van der Waals surface area contributed by atoms with Gasteiger partial charge < -0.3 is 14.4 Å². The monoisotopic (exact) mass is 316 g/mol. The predicted octanol–water partition coefficient (Wildman–Crippen LogP) is 1.02. The van der Waals surface area contributed by atoms with Gasteiger partial charge in [0.1, 0.15) is 24.6 Å². The first-order valence-corrected chi connectivity index (χ1v) is 7.03. The number of rotatable bonds is 2. The van der Waals surface area contributed by atoms with E-state index in [-0.39, 0.29) is 13.2 Å². The van der Waals surface area contributed by atoms with Crippen LogP contribution >= 0.6 is 0 Å². The number of imidazole rings is 1. The van der Waals surface area contributed by atoms with Crippen molar-refractivity contribution in [2.45, 2.75) is 32.0 Å². The molecule has 2 aliphatic heterocycles. The van der Waals surface area contributed by atoms with Crippen LogP contribution in [-0.2, 0) is 17.8 Å². The number of amides is 2. The van der Waals surface area contributed by atoms with Crippen molar-refractivity contribution in [3.8, 4) is 0 Å². The van der Waals surface area contributed by atoms with Gasteiger partial charge in [0.2, 0.25) is 5.91 Å². The van der Waals surface area contributed by atoms with Crippen molar-refractivity contribution in [3.05, 3.63) is 17.7 Å². The first-order valence-electron chi connectivity index (χ1n) is 7.03. The highest BCUT2D eigenvalue weighted by Gasteiger charge is 2.39. The minimum absolute atomic E-state index is 0.324. The summed E-state index contributed by atoms with van der Waals surface area (Å²) >= 11 is 0. The molecule has 0 saturated carbocycles. The molecule has 0 aliphatic carbocycles. The number of fused-ring (bicyclic) bond motifs is 1. The van der Waals surface area contributed by atoms with E-state index >= 15 is 0 Å². The van der Waals surface area contributed by atoms with Crippen LogP contribution in [0.4, 0.5) is 13.2 Å². The fourth-order valence-electron chi connectivity index (χ4n) is 2.84. The first-order chi connectivity index (χ1) is 10.3. The topological polar surface area (TPSA) is 58.4 Å². The molecule has 0 spiro atoms. The fraction of sp³-hybridized carbons (Fsp3) is 0.615. The van der Waals surface area contributed by atoms with Gasteiger partial charge in [0, 0.05) is 13.0 Å². The molecule has 9 heteroatoms.